The second kappa shape index (κ2) is 9.37. The highest BCUT2D eigenvalue weighted by Crippen LogP contribution is 2.33. The van der Waals surface area contributed by atoms with Crippen LogP contribution in [-0.4, -0.2) is 43.9 Å². The average Bonchev–Trinajstić information content (AvgIpc) is 3.03. The fourth-order valence-corrected chi connectivity index (χ4v) is 4.15. The van der Waals surface area contributed by atoms with Gasteiger partial charge < -0.3 is 15.5 Å². The summed E-state index contributed by atoms with van der Waals surface area (Å²) in [6, 6.07) is 14.8. The molecule has 0 saturated carbocycles. The molecule has 3 aromatic rings. The molecule has 1 heterocycles. The SMILES string of the molecule is CC(=O)c1sc(N=Nc2ccc(N)cc2NC(=O)C[N+](C)(C)C)[n+](C)c1-c1ccccc1. The molecule has 0 aliphatic heterocycles. The summed E-state index contributed by atoms with van der Waals surface area (Å²) < 4.78 is 2.35. The summed E-state index contributed by atoms with van der Waals surface area (Å²) in [7, 11) is 7.67. The van der Waals surface area contributed by atoms with Crippen molar-refractivity contribution in [3.05, 3.63) is 53.4 Å². The number of hydrogen-bond donors (Lipinski definition) is 2. The van der Waals surface area contributed by atoms with E-state index in [1.807, 2.05) is 63.1 Å². The van der Waals surface area contributed by atoms with Gasteiger partial charge in [-0.1, -0.05) is 30.3 Å². The molecule has 0 aliphatic carbocycles. The molecule has 9 heteroatoms. The molecule has 1 amide bonds. The molecule has 0 aliphatic rings. The van der Waals surface area contributed by atoms with Crippen molar-refractivity contribution in [2.45, 2.75) is 6.92 Å². The molecule has 0 spiro atoms. The van der Waals surface area contributed by atoms with Gasteiger partial charge in [0.25, 0.3) is 5.91 Å². The number of anilines is 2. The maximum Gasteiger partial charge on any atom is 0.409 e. The maximum absolute atomic E-state index is 12.4. The van der Waals surface area contributed by atoms with E-state index < -0.39 is 0 Å². The number of thiazole rings is 1. The predicted octanol–water partition coefficient (Wildman–Crippen LogP) is 4.08. The fraction of sp³-hybridized carbons (Fsp3) is 0.261. The number of Topliss-reactive ketones (excluding diaryl/α,β-unsaturated/α-hetero) is 1. The number of ketones is 1. The molecule has 32 heavy (non-hydrogen) atoms. The Labute approximate surface area is 191 Å². The summed E-state index contributed by atoms with van der Waals surface area (Å²) in [5.41, 5.74) is 9.12. The van der Waals surface area contributed by atoms with E-state index in [-0.39, 0.29) is 11.7 Å². The van der Waals surface area contributed by atoms with E-state index in [9.17, 15) is 9.59 Å². The Morgan fingerprint density at radius 1 is 1.09 bits per heavy atom. The average molecular weight is 453 g/mol. The zero-order chi connectivity index (χ0) is 23.5. The van der Waals surface area contributed by atoms with Gasteiger partial charge in [-0.25, -0.2) is 4.57 Å². The number of amides is 1. The van der Waals surface area contributed by atoms with Gasteiger partial charge in [0.1, 0.15) is 10.6 Å². The summed E-state index contributed by atoms with van der Waals surface area (Å²) in [5, 5.41) is 12.2. The number of nitrogens with two attached hydrogens (primary N) is 1. The summed E-state index contributed by atoms with van der Waals surface area (Å²) in [6.45, 7) is 1.84. The maximum atomic E-state index is 12.4. The van der Waals surface area contributed by atoms with Crippen molar-refractivity contribution >= 4 is 45.2 Å². The lowest BCUT2D eigenvalue weighted by Gasteiger charge is -2.22. The van der Waals surface area contributed by atoms with Gasteiger partial charge in [0.15, 0.2) is 18.0 Å². The molecule has 0 radical (unpaired) electrons. The first kappa shape index (κ1) is 23.2. The largest absolute Gasteiger partial charge is 0.409 e. The van der Waals surface area contributed by atoms with Gasteiger partial charge in [0, 0.05) is 18.2 Å². The van der Waals surface area contributed by atoms with Crippen LogP contribution in [0.15, 0.2) is 58.8 Å². The molecule has 1 aromatic heterocycles. The number of rotatable bonds is 7. The summed E-state index contributed by atoms with van der Waals surface area (Å²) in [4.78, 5) is 25.3. The molecule has 166 valence electrons. The molecule has 2 aromatic carbocycles. The smallest absolute Gasteiger partial charge is 0.399 e. The number of quaternary nitrogens is 1. The summed E-state index contributed by atoms with van der Waals surface area (Å²) >= 11 is 1.28. The molecule has 0 saturated heterocycles. The van der Waals surface area contributed by atoms with Gasteiger partial charge in [0.2, 0.25) is 0 Å². The molecular weight excluding hydrogens is 424 g/mol. The number of nitrogen functional groups attached to an aromatic ring is 1. The topological polar surface area (TPSA) is 101 Å². The van der Waals surface area contributed by atoms with E-state index >= 15 is 0 Å². The number of carbonyl (C=O) groups excluding carboxylic acids is 2. The normalized spacial score (nSPS) is 11.7. The Morgan fingerprint density at radius 3 is 2.41 bits per heavy atom. The van der Waals surface area contributed by atoms with E-state index in [4.69, 9.17) is 5.73 Å². The van der Waals surface area contributed by atoms with Gasteiger partial charge in [-0.3, -0.25) is 9.59 Å². The van der Waals surface area contributed by atoms with Crippen LogP contribution in [0.2, 0.25) is 0 Å². The van der Waals surface area contributed by atoms with E-state index in [1.54, 1.807) is 25.1 Å². The van der Waals surface area contributed by atoms with Gasteiger partial charge in [-0.2, -0.15) is 0 Å². The monoisotopic (exact) mass is 452 g/mol. The zero-order valence-corrected chi connectivity index (χ0v) is 19.7. The van der Waals surface area contributed by atoms with Crippen LogP contribution in [0, 0.1) is 0 Å². The van der Waals surface area contributed by atoms with E-state index in [1.165, 1.54) is 11.3 Å². The van der Waals surface area contributed by atoms with Crippen LogP contribution >= 0.6 is 11.3 Å². The number of nitrogens with zero attached hydrogens (tertiary/aromatic N) is 4. The van der Waals surface area contributed by atoms with Crippen LogP contribution in [0.5, 0.6) is 0 Å². The minimum atomic E-state index is -0.147. The van der Waals surface area contributed by atoms with Crippen molar-refractivity contribution in [3.8, 4) is 11.3 Å². The lowest BCUT2D eigenvalue weighted by molar-refractivity contribution is -0.861. The Balaban J connectivity index is 1.96. The molecule has 3 N–H and O–H groups in total. The van der Waals surface area contributed by atoms with E-state index in [0.29, 0.717) is 38.1 Å². The van der Waals surface area contributed by atoms with Crippen molar-refractivity contribution < 1.29 is 18.6 Å². The van der Waals surface area contributed by atoms with Crippen LogP contribution in [0.1, 0.15) is 16.6 Å². The molecule has 0 atom stereocenters. The Kier molecular flexibility index (Phi) is 6.81. The molecular formula is C23H28N6O2S+2. The third kappa shape index (κ3) is 5.63. The number of azo groups is 1. The number of nitrogens with one attached hydrogen (secondary N) is 1. The third-order valence-electron chi connectivity index (χ3n) is 4.55. The summed E-state index contributed by atoms with van der Waals surface area (Å²) in [5.74, 6) is -0.182. The second-order valence-corrected chi connectivity index (χ2v) is 9.49. The van der Waals surface area contributed by atoms with Crippen molar-refractivity contribution in [1.82, 2.24) is 0 Å². The van der Waals surface area contributed by atoms with Crippen molar-refractivity contribution in [1.29, 1.82) is 0 Å². The highest BCUT2D eigenvalue weighted by molar-refractivity contribution is 7.17. The molecule has 0 unspecified atom stereocenters. The Hall–Kier alpha value is -3.43. The van der Waals surface area contributed by atoms with Gasteiger partial charge in [-0.15, -0.1) is 0 Å². The van der Waals surface area contributed by atoms with Gasteiger partial charge >= 0.3 is 5.13 Å². The van der Waals surface area contributed by atoms with Crippen molar-refractivity contribution in [3.63, 3.8) is 0 Å². The Morgan fingerprint density at radius 2 is 1.78 bits per heavy atom. The highest BCUT2D eigenvalue weighted by atomic mass is 32.1. The van der Waals surface area contributed by atoms with E-state index in [0.717, 1.165) is 11.3 Å². The fourth-order valence-electron chi connectivity index (χ4n) is 3.16. The molecule has 0 bridgehead atoms. The van der Waals surface area contributed by atoms with Crippen LogP contribution < -0.4 is 15.6 Å². The van der Waals surface area contributed by atoms with Crippen LogP contribution in [0.25, 0.3) is 11.3 Å². The quantitative estimate of drug-likeness (QED) is 0.186. The first-order valence-electron chi connectivity index (χ1n) is 10.1. The molecule has 8 nitrogen and oxygen atoms in total. The van der Waals surface area contributed by atoms with Crippen LogP contribution in [0.3, 0.4) is 0 Å². The lowest BCUT2D eigenvalue weighted by atomic mass is 10.1. The van der Waals surface area contributed by atoms with Gasteiger partial charge in [0.05, 0.1) is 39.0 Å². The Bertz CT molecular complexity index is 1180. The minimum Gasteiger partial charge on any atom is -0.399 e. The number of aromatic nitrogens is 1. The zero-order valence-electron chi connectivity index (χ0n) is 18.9. The highest BCUT2D eigenvalue weighted by Gasteiger charge is 2.26. The van der Waals surface area contributed by atoms with Gasteiger partial charge in [-0.05, 0) is 34.7 Å². The number of benzene rings is 2. The number of hydrogen-bond acceptors (Lipinski definition) is 6. The third-order valence-corrected chi connectivity index (χ3v) is 5.78. The number of likely N-dealkylation sites (N-methyl/N-ethyl adjacent to an activating group) is 1. The predicted molar refractivity (Wildman–Crippen MR) is 127 cm³/mol. The molecule has 3 rings (SSSR count). The van der Waals surface area contributed by atoms with Crippen molar-refractivity contribution in [2.24, 2.45) is 17.3 Å². The molecule has 0 fully saturated rings. The first-order chi connectivity index (χ1) is 15.0. The van der Waals surface area contributed by atoms with Crippen LogP contribution in [-0.2, 0) is 11.8 Å². The summed E-state index contributed by atoms with van der Waals surface area (Å²) in [6.07, 6.45) is 0. The van der Waals surface area contributed by atoms with Crippen LogP contribution in [0.4, 0.5) is 22.2 Å². The number of carbonyl (C=O) groups is 2. The lowest BCUT2D eigenvalue weighted by Crippen LogP contribution is -2.41. The standard InChI is InChI=1S/C23H26N6O2S/c1-15(30)22-21(16-9-7-6-8-10-16)28(2)23(32-22)27-26-18-12-11-17(24)13-19(18)25-20(31)14-29(3,4)5/h6-13H,14H2,1-5H3,(H-,24,25,31)/p+2. The van der Waals surface area contributed by atoms with E-state index in [2.05, 4.69) is 15.5 Å². The minimum absolute atomic E-state index is 0.0355. The second-order valence-electron chi connectivity index (χ2n) is 8.52. The first-order valence-corrected chi connectivity index (χ1v) is 10.9. The van der Waals surface area contributed by atoms with Crippen molar-refractivity contribution in [2.75, 3.05) is 38.7 Å².